The molecule has 0 radical (unpaired) electrons. The summed E-state index contributed by atoms with van der Waals surface area (Å²) >= 11 is -0.659. The summed E-state index contributed by atoms with van der Waals surface area (Å²) in [5.74, 6) is 1.64. The summed E-state index contributed by atoms with van der Waals surface area (Å²) in [5, 5.41) is 14.0. The first-order chi connectivity index (χ1) is 25.7. The average Bonchev–Trinajstić information content (AvgIpc) is 3.24. The molecule has 52 heavy (non-hydrogen) atoms. The zero-order valence-electron chi connectivity index (χ0n) is 30.3. The Balaban J connectivity index is 0.000000213. The molecule has 1 heterocycles. The summed E-state index contributed by atoms with van der Waals surface area (Å²) < 4.78 is 11.8. The molecule has 1 aliphatic rings. The number of fused-ring (bicyclic) bond motifs is 2. The molecule has 0 aromatic heterocycles. The van der Waals surface area contributed by atoms with Crippen LogP contribution in [0, 0.1) is 0 Å². The first-order valence-corrected chi connectivity index (χ1v) is 18.2. The van der Waals surface area contributed by atoms with Crippen LogP contribution in [0.25, 0.3) is 0 Å². The first-order valence-electron chi connectivity index (χ1n) is 17.3. The van der Waals surface area contributed by atoms with E-state index in [9.17, 15) is 0 Å². The zero-order chi connectivity index (χ0) is 37.0. The van der Waals surface area contributed by atoms with E-state index in [-0.39, 0.29) is 0 Å². The molecule has 0 aliphatic carbocycles. The van der Waals surface area contributed by atoms with Crippen LogP contribution in [-0.2, 0) is 0 Å². The Morgan fingerprint density at radius 1 is 0.423 bits per heavy atom. The van der Waals surface area contributed by atoms with Crippen LogP contribution in [0.5, 0.6) is 11.5 Å². The van der Waals surface area contributed by atoms with Crippen molar-refractivity contribution in [3.63, 3.8) is 0 Å². The smallest absolute Gasteiger partial charge is 0.108 e. The minimum absolute atomic E-state index is 0.659. The molecule has 0 amide bonds. The van der Waals surface area contributed by atoms with E-state index in [0.29, 0.717) is 13.1 Å². The van der Waals surface area contributed by atoms with Gasteiger partial charge in [-0.05, 0) is 0 Å². The molecular formula is C44H46AlBN2O4. The number of benzene rings is 6. The SMILES string of the molecule is CC1=NCCN=C(C)c2ccccc2[O][Al+][O]c2ccccc21.CO.CO.c1ccc([B-](c2ccccc2)(c2ccccc2)c2ccccc2)cc1. The van der Waals surface area contributed by atoms with Crippen molar-refractivity contribution in [3.05, 3.63) is 181 Å². The molecule has 6 aromatic rings. The second-order valence-corrected chi connectivity index (χ2v) is 12.4. The monoisotopic (exact) mass is 704 g/mol. The van der Waals surface area contributed by atoms with Gasteiger partial charge in [0.15, 0.2) is 0 Å². The van der Waals surface area contributed by atoms with Gasteiger partial charge in [0.2, 0.25) is 0 Å². The van der Waals surface area contributed by atoms with E-state index in [2.05, 4.69) is 131 Å². The Morgan fingerprint density at radius 2 is 0.692 bits per heavy atom. The van der Waals surface area contributed by atoms with Crippen molar-refractivity contribution in [2.75, 3.05) is 27.3 Å². The Morgan fingerprint density at radius 3 is 1.00 bits per heavy atom. The van der Waals surface area contributed by atoms with Crippen molar-refractivity contribution in [1.82, 2.24) is 0 Å². The van der Waals surface area contributed by atoms with E-state index in [1.807, 2.05) is 62.4 Å². The van der Waals surface area contributed by atoms with Gasteiger partial charge in [-0.2, -0.15) is 21.9 Å². The minimum Gasteiger partial charge on any atom is -0.400 e. The summed E-state index contributed by atoms with van der Waals surface area (Å²) in [4.78, 5) is 9.24. The molecule has 0 unspecified atom stereocenters. The molecule has 0 bridgehead atoms. The first kappa shape index (κ1) is 39.6. The zero-order valence-corrected chi connectivity index (χ0v) is 31.5. The van der Waals surface area contributed by atoms with Crippen LogP contribution in [-0.4, -0.2) is 71.0 Å². The number of hydrogen-bond acceptors (Lipinski definition) is 6. The molecule has 0 atom stereocenters. The van der Waals surface area contributed by atoms with E-state index < -0.39 is 22.0 Å². The van der Waals surface area contributed by atoms with Crippen LogP contribution in [0.4, 0.5) is 0 Å². The molecule has 6 aromatic carbocycles. The molecule has 0 saturated heterocycles. The maximum absolute atomic E-state index is 7.00. The van der Waals surface area contributed by atoms with Crippen LogP contribution >= 0.6 is 0 Å². The molecule has 2 N–H and O–H groups in total. The van der Waals surface area contributed by atoms with Crippen LogP contribution < -0.4 is 29.4 Å². The fraction of sp³-hybridized carbons (Fsp3) is 0.136. The van der Waals surface area contributed by atoms with Gasteiger partial charge in [0, 0.05) is 14.2 Å². The molecule has 7 rings (SSSR count). The van der Waals surface area contributed by atoms with Gasteiger partial charge in [0.25, 0.3) is 0 Å². The molecule has 6 nitrogen and oxygen atoms in total. The van der Waals surface area contributed by atoms with Crippen LogP contribution in [0.2, 0.25) is 0 Å². The molecule has 0 fully saturated rings. The van der Waals surface area contributed by atoms with Gasteiger partial charge < -0.3 is 10.2 Å². The van der Waals surface area contributed by atoms with Gasteiger partial charge in [-0.25, -0.2) is 0 Å². The minimum atomic E-state index is -1.22. The molecule has 0 saturated carbocycles. The van der Waals surface area contributed by atoms with Gasteiger partial charge in [-0.1, -0.05) is 121 Å². The second kappa shape index (κ2) is 21.2. The van der Waals surface area contributed by atoms with E-state index in [1.54, 1.807) is 0 Å². The molecule has 1 aliphatic heterocycles. The topological polar surface area (TPSA) is 83.6 Å². The van der Waals surface area contributed by atoms with Gasteiger partial charge in [-0.3, -0.25) is 0 Å². The Labute approximate surface area is 315 Å². The van der Waals surface area contributed by atoms with E-state index >= 15 is 0 Å². The number of aliphatic hydroxyl groups is 2. The van der Waals surface area contributed by atoms with Crippen LogP contribution in [0.1, 0.15) is 25.0 Å². The number of aliphatic imine (C=N–C) groups is 2. The van der Waals surface area contributed by atoms with Crippen molar-refractivity contribution in [1.29, 1.82) is 0 Å². The van der Waals surface area contributed by atoms with Crippen molar-refractivity contribution in [2.45, 2.75) is 13.8 Å². The normalized spacial score (nSPS) is 12.0. The predicted molar refractivity (Wildman–Crippen MR) is 220 cm³/mol. The summed E-state index contributed by atoms with van der Waals surface area (Å²) in [6, 6.07) is 59.4. The number of hydrogen-bond donors (Lipinski definition) is 2. The molecule has 0 spiro atoms. The Hall–Kier alpha value is -5.22. The third-order valence-electron chi connectivity index (χ3n) is 8.90. The van der Waals surface area contributed by atoms with Crippen molar-refractivity contribution in [2.24, 2.45) is 9.98 Å². The largest absolute Gasteiger partial charge is 0.400 e. The standard InChI is InChI=1S/C24H20B.C18H20N2O2.2CH4O.Al/c1-5-13-21(14-6-1)25(22-15-7-2-8-16-22,23-17-9-3-10-18-23)24-19-11-4-12-20-24;1-13(15-7-3-5-9-17(15)21)19-11-12-20-14(2)16-8-4-6-10-18(16)22;2*1-2;/h1-20H;3-10,21-22H,11-12H2,1-2H3;2*2H,1H3;/q-1;;;;+3/p-2. The van der Waals surface area contributed by atoms with Gasteiger partial charge in [-0.15, -0.1) is 0 Å². The second-order valence-electron chi connectivity index (χ2n) is 11.8. The summed E-state index contributed by atoms with van der Waals surface area (Å²) in [6.07, 6.45) is -1.22. The summed E-state index contributed by atoms with van der Waals surface area (Å²) in [5.41, 5.74) is 9.30. The Kier molecular flexibility index (Phi) is 16.1. The average molecular weight is 705 g/mol. The van der Waals surface area contributed by atoms with Crippen molar-refractivity contribution < 1.29 is 17.8 Å². The van der Waals surface area contributed by atoms with Crippen LogP contribution in [0.15, 0.2) is 180 Å². The van der Waals surface area contributed by atoms with E-state index in [4.69, 9.17) is 17.8 Å². The number of nitrogens with zero attached hydrogens (tertiary/aromatic N) is 2. The third kappa shape index (κ3) is 9.76. The van der Waals surface area contributed by atoms with Gasteiger partial charge in [0.1, 0.15) is 6.15 Å². The van der Waals surface area contributed by atoms with Crippen LogP contribution in [0.3, 0.4) is 0 Å². The Bertz CT molecular complexity index is 1750. The van der Waals surface area contributed by atoms with Crippen molar-refractivity contribution >= 4 is 55.3 Å². The summed E-state index contributed by atoms with van der Waals surface area (Å²) in [7, 11) is 2.00. The fourth-order valence-electron chi connectivity index (χ4n) is 6.59. The maximum atomic E-state index is 7.00. The number of aliphatic hydroxyl groups excluding tert-OH is 2. The van der Waals surface area contributed by atoms with Gasteiger partial charge in [0.05, 0.1) is 0 Å². The molecular weight excluding hydrogens is 658 g/mol. The van der Waals surface area contributed by atoms with E-state index in [0.717, 1.165) is 48.3 Å². The molecule has 262 valence electrons. The van der Waals surface area contributed by atoms with E-state index in [1.165, 1.54) is 21.9 Å². The quantitative estimate of drug-likeness (QED) is 0.235. The maximum Gasteiger partial charge on any atom is 0.108 e. The predicted octanol–water partition coefficient (Wildman–Crippen LogP) is 5.59. The fourth-order valence-corrected chi connectivity index (χ4v) is 7.26. The van der Waals surface area contributed by atoms with Gasteiger partial charge >= 0.3 is 143 Å². The third-order valence-corrected chi connectivity index (χ3v) is 9.60. The number of rotatable bonds is 4. The molecule has 8 heteroatoms. The number of para-hydroxylation sites is 2. The van der Waals surface area contributed by atoms with Crippen molar-refractivity contribution in [3.8, 4) is 11.5 Å². The summed E-state index contributed by atoms with van der Waals surface area (Å²) in [6.45, 7) is 5.33.